The van der Waals surface area contributed by atoms with Crippen LogP contribution >= 0.6 is 11.6 Å². The Kier molecular flexibility index (Phi) is 7.78. The molecule has 6 heteroatoms. The summed E-state index contributed by atoms with van der Waals surface area (Å²) in [4.78, 5) is 16.8. The van der Waals surface area contributed by atoms with Gasteiger partial charge >= 0.3 is 0 Å². The lowest BCUT2D eigenvalue weighted by atomic mass is 10.0. The molecule has 1 N–H and O–H groups in total. The highest BCUT2D eigenvalue weighted by Gasteiger charge is 2.17. The maximum absolute atomic E-state index is 12.0. The average molecular weight is 416 g/mol. The van der Waals surface area contributed by atoms with E-state index in [1.165, 1.54) is 11.3 Å². The largest absolute Gasteiger partial charge is 0.484 e. The molecule has 0 radical (unpaired) electrons. The number of anilines is 1. The van der Waals surface area contributed by atoms with Crippen molar-refractivity contribution in [2.45, 2.75) is 19.8 Å². The summed E-state index contributed by atoms with van der Waals surface area (Å²) < 4.78 is 5.57. The Morgan fingerprint density at radius 1 is 1.03 bits per heavy atom. The lowest BCUT2D eigenvalue weighted by Gasteiger charge is -2.36. The molecule has 0 spiro atoms. The van der Waals surface area contributed by atoms with Crippen LogP contribution in [0, 0.1) is 0 Å². The fourth-order valence-corrected chi connectivity index (χ4v) is 3.51. The summed E-state index contributed by atoms with van der Waals surface area (Å²) in [6.07, 6.45) is 0. The van der Waals surface area contributed by atoms with Crippen LogP contribution in [0.1, 0.15) is 25.3 Å². The molecule has 3 rings (SSSR count). The number of halogens is 1. The van der Waals surface area contributed by atoms with E-state index >= 15 is 0 Å². The minimum Gasteiger partial charge on any atom is -0.484 e. The zero-order valence-corrected chi connectivity index (χ0v) is 18.0. The van der Waals surface area contributed by atoms with Crippen molar-refractivity contribution in [1.82, 2.24) is 10.2 Å². The van der Waals surface area contributed by atoms with E-state index in [0.29, 0.717) is 12.5 Å². The first-order chi connectivity index (χ1) is 14.0. The Hall–Kier alpha value is -2.24. The third-order valence-electron chi connectivity index (χ3n) is 5.23. The Morgan fingerprint density at radius 3 is 2.31 bits per heavy atom. The molecule has 29 heavy (non-hydrogen) atoms. The van der Waals surface area contributed by atoms with Crippen LogP contribution < -0.4 is 15.0 Å². The molecule has 1 amide bonds. The number of carbonyl (C=O) groups excluding carboxylic acids is 1. The number of rotatable bonds is 8. The van der Waals surface area contributed by atoms with Crippen molar-refractivity contribution >= 4 is 23.2 Å². The molecule has 1 fully saturated rings. The highest BCUT2D eigenvalue weighted by Crippen LogP contribution is 2.20. The molecule has 1 aliphatic rings. The van der Waals surface area contributed by atoms with Crippen molar-refractivity contribution < 1.29 is 9.53 Å². The van der Waals surface area contributed by atoms with Crippen molar-refractivity contribution in [1.29, 1.82) is 0 Å². The summed E-state index contributed by atoms with van der Waals surface area (Å²) in [7, 11) is 0. The topological polar surface area (TPSA) is 44.8 Å². The second-order valence-electron chi connectivity index (χ2n) is 7.67. The standard InChI is InChI=1S/C23H30ClN3O2/c1-18(2)19-3-9-22(10-4-19)29-17-23(28)25-11-12-26-13-15-27(16-14-26)21-7-5-20(24)6-8-21/h3-10,18H,11-17H2,1-2H3,(H,25,28). The van der Waals surface area contributed by atoms with Crippen molar-refractivity contribution in [3.63, 3.8) is 0 Å². The minimum absolute atomic E-state index is 0.0470. The van der Waals surface area contributed by atoms with E-state index in [4.69, 9.17) is 16.3 Å². The number of amides is 1. The summed E-state index contributed by atoms with van der Waals surface area (Å²) in [5.41, 5.74) is 2.47. The molecular weight excluding hydrogens is 386 g/mol. The van der Waals surface area contributed by atoms with Crippen LogP contribution in [0.4, 0.5) is 5.69 Å². The fraction of sp³-hybridized carbons (Fsp3) is 0.435. The number of hydrogen-bond acceptors (Lipinski definition) is 4. The Morgan fingerprint density at radius 2 is 1.69 bits per heavy atom. The van der Waals surface area contributed by atoms with Crippen LogP contribution in [0.5, 0.6) is 5.75 Å². The van der Waals surface area contributed by atoms with Gasteiger partial charge in [0.05, 0.1) is 0 Å². The number of carbonyl (C=O) groups is 1. The highest BCUT2D eigenvalue weighted by atomic mass is 35.5. The second kappa shape index (κ2) is 10.5. The first-order valence-electron chi connectivity index (χ1n) is 10.2. The molecule has 5 nitrogen and oxygen atoms in total. The molecule has 0 unspecified atom stereocenters. The van der Waals surface area contributed by atoms with Crippen LogP contribution in [0.3, 0.4) is 0 Å². The smallest absolute Gasteiger partial charge is 0.257 e. The predicted octanol–water partition coefficient (Wildman–Crippen LogP) is 3.78. The van der Waals surface area contributed by atoms with Crippen molar-refractivity contribution in [3.05, 3.63) is 59.1 Å². The summed E-state index contributed by atoms with van der Waals surface area (Å²) in [6, 6.07) is 15.9. The molecule has 2 aromatic carbocycles. The summed E-state index contributed by atoms with van der Waals surface area (Å²) in [5, 5.41) is 3.71. The lowest BCUT2D eigenvalue weighted by molar-refractivity contribution is -0.123. The van der Waals surface area contributed by atoms with Gasteiger partial charge in [0.25, 0.3) is 5.91 Å². The second-order valence-corrected chi connectivity index (χ2v) is 8.10. The van der Waals surface area contributed by atoms with Crippen molar-refractivity contribution in [3.8, 4) is 5.75 Å². The molecule has 0 bridgehead atoms. The van der Waals surface area contributed by atoms with Crippen LogP contribution in [0.15, 0.2) is 48.5 Å². The summed E-state index contributed by atoms with van der Waals surface area (Å²) >= 11 is 5.96. The molecule has 0 aliphatic carbocycles. The van der Waals surface area contributed by atoms with Gasteiger partial charge in [-0.3, -0.25) is 9.69 Å². The van der Waals surface area contributed by atoms with E-state index in [0.717, 1.165) is 43.5 Å². The van der Waals surface area contributed by atoms with Gasteiger partial charge in [-0.15, -0.1) is 0 Å². The average Bonchev–Trinajstić information content (AvgIpc) is 2.74. The highest BCUT2D eigenvalue weighted by molar-refractivity contribution is 6.30. The number of hydrogen-bond donors (Lipinski definition) is 1. The maximum atomic E-state index is 12.0. The Labute approximate surface area is 178 Å². The summed E-state index contributed by atoms with van der Waals surface area (Å²) in [6.45, 7) is 9.76. The normalized spacial score (nSPS) is 14.8. The van der Waals surface area contributed by atoms with Gasteiger partial charge in [-0.05, 0) is 47.9 Å². The van der Waals surface area contributed by atoms with Gasteiger partial charge in [0.1, 0.15) is 5.75 Å². The lowest BCUT2D eigenvalue weighted by Crippen LogP contribution is -2.48. The first-order valence-corrected chi connectivity index (χ1v) is 10.6. The van der Waals surface area contributed by atoms with Gasteiger partial charge < -0.3 is 15.0 Å². The van der Waals surface area contributed by atoms with Gasteiger partial charge in [-0.2, -0.15) is 0 Å². The monoisotopic (exact) mass is 415 g/mol. The van der Waals surface area contributed by atoms with E-state index < -0.39 is 0 Å². The zero-order valence-electron chi connectivity index (χ0n) is 17.2. The van der Waals surface area contributed by atoms with Crippen LogP contribution in [-0.4, -0.2) is 56.7 Å². The van der Waals surface area contributed by atoms with E-state index in [1.807, 2.05) is 36.4 Å². The van der Waals surface area contributed by atoms with Gasteiger partial charge in [0, 0.05) is 50.0 Å². The van der Waals surface area contributed by atoms with Gasteiger partial charge in [-0.1, -0.05) is 37.6 Å². The quantitative estimate of drug-likeness (QED) is 0.712. The predicted molar refractivity (Wildman–Crippen MR) is 119 cm³/mol. The van der Waals surface area contributed by atoms with Gasteiger partial charge in [-0.25, -0.2) is 0 Å². The van der Waals surface area contributed by atoms with Gasteiger partial charge in [0.2, 0.25) is 0 Å². The number of nitrogens with one attached hydrogen (secondary N) is 1. The Bertz CT molecular complexity index is 770. The first kappa shape index (κ1) is 21.5. The Balaban J connectivity index is 1.31. The van der Waals surface area contributed by atoms with Crippen LogP contribution in [0.2, 0.25) is 5.02 Å². The van der Waals surface area contributed by atoms with E-state index in [2.05, 4.69) is 41.1 Å². The SMILES string of the molecule is CC(C)c1ccc(OCC(=O)NCCN2CCN(c3ccc(Cl)cc3)CC2)cc1. The number of nitrogens with zero attached hydrogens (tertiary/aromatic N) is 2. The molecule has 1 aliphatic heterocycles. The summed E-state index contributed by atoms with van der Waals surface area (Å²) in [5.74, 6) is 1.13. The molecule has 0 saturated carbocycles. The van der Waals surface area contributed by atoms with E-state index in [9.17, 15) is 4.79 Å². The molecule has 156 valence electrons. The van der Waals surface area contributed by atoms with Crippen LogP contribution in [0.25, 0.3) is 0 Å². The minimum atomic E-state index is -0.0854. The molecular formula is C23H30ClN3O2. The molecule has 1 saturated heterocycles. The van der Waals surface area contributed by atoms with Gasteiger partial charge in [0.15, 0.2) is 6.61 Å². The van der Waals surface area contributed by atoms with Crippen LogP contribution in [-0.2, 0) is 4.79 Å². The van der Waals surface area contributed by atoms with E-state index in [-0.39, 0.29) is 12.5 Å². The molecule has 1 heterocycles. The third-order valence-corrected chi connectivity index (χ3v) is 5.48. The third kappa shape index (κ3) is 6.65. The van der Waals surface area contributed by atoms with Crippen molar-refractivity contribution in [2.75, 3.05) is 50.8 Å². The fourth-order valence-electron chi connectivity index (χ4n) is 3.38. The molecule has 0 aromatic heterocycles. The zero-order chi connectivity index (χ0) is 20.6. The number of piperazine rings is 1. The maximum Gasteiger partial charge on any atom is 0.257 e. The number of benzene rings is 2. The molecule has 2 aromatic rings. The molecule has 0 atom stereocenters. The van der Waals surface area contributed by atoms with E-state index in [1.54, 1.807) is 0 Å². The van der Waals surface area contributed by atoms with Crippen molar-refractivity contribution in [2.24, 2.45) is 0 Å². The number of ether oxygens (including phenoxy) is 1.